The van der Waals surface area contributed by atoms with Crippen molar-refractivity contribution in [3.63, 3.8) is 0 Å². The molecule has 0 atom stereocenters. The topological polar surface area (TPSA) is 75.0 Å². The van der Waals surface area contributed by atoms with Gasteiger partial charge in [0.1, 0.15) is 17.7 Å². The lowest BCUT2D eigenvalue weighted by molar-refractivity contribution is -0.140. The Labute approximate surface area is 127 Å². The Morgan fingerprint density at radius 1 is 1.48 bits per heavy atom. The van der Waals surface area contributed by atoms with Crippen LogP contribution in [0.3, 0.4) is 0 Å². The van der Waals surface area contributed by atoms with Crippen LogP contribution in [0.2, 0.25) is 0 Å². The van der Waals surface area contributed by atoms with Crippen LogP contribution >= 0.6 is 11.3 Å². The maximum Gasteiger partial charge on any atom is 0.302 e. The molecule has 2 rings (SSSR count). The summed E-state index contributed by atoms with van der Waals surface area (Å²) < 4.78 is 4.87. The largest absolute Gasteiger partial charge is 0.464 e. The van der Waals surface area contributed by atoms with Gasteiger partial charge in [-0.15, -0.1) is 11.3 Å². The normalized spacial score (nSPS) is 9.95. The number of rotatable bonds is 5. The Bertz CT molecular complexity index is 674. The molecule has 21 heavy (non-hydrogen) atoms. The second-order valence-corrected chi connectivity index (χ2v) is 5.40. The lowest BCUT2D eigenvalue weighted by atomic mass is 10.1. The maximum absolute atomic E-state index is 10.7. The van der Waals surface area contributed by atoms with E-state index in [0.29, 0.717) is 12.1 Å². The number of ether oxygens (including phenoxy) is 1. The lowest BCUT2D eigenvalue weighted by Gasteiger charge is -2.04. The first-order valence-corrected chi connectivity index (χ1v) is 7.26. The Balaban J connectivity index is 2.19. The quantitative estimate of drug-likeness (QED) is 0.679. The minimum absolute atomic E-state index is 0.280. The van der Waals surface area contributed by atoms with Gasteiger partial charge in [0.25, 0.3) is 0 Å². The monoisotopic (exact) mass is 301 g/mol. The third-order valence-electron chi connectivity index (χ3n) is 2.89. The number of pyridine rings is 1. The molecule has 0 spiro atoms. The highest BCUT2D eigenvalue weighted by Gasteiger charge is 2.15. The van der Waals surface area contributed by atoms with Crippen LogP contribution < -0.4 is 5.32 Å². The number of hydrogen-bond donors (Lipinski definition) is 1. The second-order valence-electron chi connectivity index (χ2n) is 4.37. The molecule has 0 unspecified atom stereocenters. The number of aromatic nitrogens is 1. The van der Waals surface area contributed by atoms with Gasteiger partial charge in [0, 0.05) is 30.7 Å². The highest BCUT2D eigenvalue weighted by atomic mass is 32.1. The van der Waals surface area contributed by atoms with Crippen molar-refractivity contribution in [2.75, 3.05) is 18.5 Å². The maximum atomic E-state index is 10.7. The van der Waals surface area contributed by atoms with E-state index in [1.165, 1.54) is 18.3 Å². The van der Waals surface area contributed by atoms with Gasteiger partial charge in [0.2, 0.25) is 0 Å². The van der Waals surface area contributed by atoms with Gasteiger partial charge in [-0.2, -0.15) is 5.26 Å². The van der Waals surface area contributed by atoms with Crippen molar-refractivity contribution in [3.05, 3.63) is 35.7 Å². The smallest absolute Gasteiger partial charge is 0.302 e. The predicted octanol–water partition coefficient (Wildman–Crippen LogP) is 2.97. The number of carbonyl (C=O) groups excluding carboxylic acids is 1. The Kier molecular flexibility index (Phi) is 4.90. The number of carbonyl (C=O) groups is 1. The van der Waals surface area contributed by atoms with Gasteiger partial charge in [-0.3, -0.25) is 9.78 Å². The number of thiophene rings is 1. The molecule has 1 N–H and O–H groups in total. The van der Waals surface area contributed by atoms with E-state index in [1.807, 2.05) is 19.1 Å². The average molecular weight is 301 g/mol. The summed E-state index contributed by atoms with van der Waals surface area (Å²) in [5, 5.41) is 13.3. The van der Waals surface area contributed by atoms with Crippen molar-refractivity contribution in [1.82, 2.24) is 4.98 Å². The highest BCUT2D eigenvalue weighted by molar-refractivity contribution is 7.19. The molecule has 2 heterocycles. The molecular weight excluding hydrogens is 286 g/mol. The number of nitriles is 1. The molecule has 2 aromatic rings. The molecule has 5 nitrogen and oxygen atoms in total. The van der Waals surface area contributed by atoms with Crippen LogP contribution in [0.15, 0.2) is 24.5 Å². The summed E-state index contributed by atoms with van der Waals surface area (Å²) in [7, 11) is 0. The third kappa shape index (κ3) is 3.58. The summed E-state index contributed by atoms with van der Waals surface area (Å²) in [5.74, 6) is -0.308. The number of anilines is 1. The zero-order chi connectivity index (χ0) is 15.2. The fourth-order valence-electron chi connectivity index (χ4n) is 1.91. The second kappa shape index (κ2) is 6.86. The molecule has 0 amide bonds. The summed E-state index contributed by atoms with van der Waals surface area (Å²) in [6.45, 7) is 4.06. The van der Waals surface area contributed by atoms with Crippen LogP contribution in [-0.2, 0) is 9.53 Å². The van der Waals surface area contributed by atoms with E-state index in [4.69, 9.17) is 4.74 Å². The van der Waals surface area contributed by atoms with Crippen molar-refractivity contribution in [3.8, 4) is 16.5 Å². The van der Waals surface area contributed by atoms with Gasteiger partial charge in [0.15, 0.2) is 0 Å². The Hall–Kier alpha value is -2.39. The van der Waals surface area contributed by atoms with Gasteiger partial charge in [-0.1, -0.05) is 0 Å². The number of hydrogen-bond acceptors (Lipinski definition) is 6. The summed E-state index contributed by atoms with van der Waals surface area (Å²) in [5.41, 5.74) is 2.62. The van der Waals surface area contributed by atoms with E-state index >= 15 is 0 Å². The summed E-state index contributed by atoms with van der Waals surface area (Å²) in [4.78, 5) is 15.8. The molecule has 0 fully saturated rings. The minimum Gasteiger partial charge on any atom is -0.464 e. The van der Waals surface area contributed by atoms with Crippen molar-refractivity contribution in [2.45, 2.75) is 13.8 Å². The van der Waals surface area contributed by atoms with Crippen LogP contribution in [0, 0.1) is 18.3 Å². The molecule has 0 saturated heterocycles. The third-order valence-corrected chi connectivity index (χ3v) is 4.19. The van der Waals surface area contributed by atoms with Crippen molar-refractivity contribution in [2.24, 2.45) is 0 Å². The van der Waals surface area contributed by atoms with Gasteiger partial charge >= 0.3 is 5.97 Å². The fraction of sp³-hybridized carbons (Fsp3) is 0.267. The molecule has 0 aliphatic heterocycles. The number of nitrogens with one attached hydrogen (secondary N) is 1. The van der Waals surface area contributed by atoms with E-state index in [2.05, 4.69) is 16.4 Å². The van der Waals surface area contributed by atoms with Crippen LogP contribution in [0.25, 0.3) is 10.4 Å². The summed E-state index contributed by atoms with van der Waals surface area (Å²) in [6.07, 6.45) is 3.46. The Morgan fingerprint density at radius 2 is 2.19 bits per heavy atom. The lowest BCUT2D eigenvalue weighted by Crippen LogP contribution is -2.11. The van der Waals surface area contributed by atoms with E-state index in [1.54, 1.807) is 12.4 Å². The molecule has 0 aromatic carbocycles. The van der Waals surface area contributed by atoms with E-state index < -0.39 is 0 Å². The molecule has 0 aliphatic carbocycles. The summed E-state index contributed by atoms with van der Waals surface area (Å²) >= 11 is 1.52. The van der Waals surface area contributed by atoms with Gasteiger partial charge < -0.3 is 10.1 Å². The first-order valence-electron chi connectivity index (χ1n) is 6.44. The molecule has 0 radical (unpaired) electrons. The molecular formula is C15H15N3O2S. The van der Waals surface area contributed by atoms with Crippen LogP contribution in [0.1, 0.15) is 18.1 Å². The van der Waals surface area contributed by atoms with Crippen molar-refractivity contribution in [1.29, 1.82) is 5.26 Å². The molecule has 0 bridgehead atoms. The predicted molar refractivity (Wildman–Crippen MR) is 82.1 cm³/mol. The summed E-state index contributed by atoms with van der Waals surface area (Å²) in [6, 6.07) is 6.07. The van der Waals surface area contributed by atoms with E-state index in [0.717, 1.165) is 21.0 Å². The van der Waals surface area contributed by atoms with Gasteiger partial charge in [0.05, 0.1) is 5.56 Å². The average Bonchev–Trinajstić information content (AvgIpc) is 2.80. The molecule has 6 heteroatoms. The van der Waals surface area contributed by atoms with Gasteiger partial charge in [-0.25, -0.2) is 0 Å². The molecule has 0 saturated carbocycles. The van der Waals surface area contributed by atoms with Crippen molar-refractivity contribution < 1.29 is 9.53 Å². The zero-order valence-corrected chi connectivity index (χ0v) is 12.7. The van der Waals surface area contributed by atoms with Gasteiger partial charge in [-0.05, 0) is 30.2 Å². The van der Waals surface area contributed by atoms with Crippen molar-refractivity contribution >= 4 is 22.3 Å². The first-order chi connectivity index (χ1) is 10.1. The fourth-order valence-corrected chi connectivity index (χ4v) is 3.10. The minimum atomic E-state index is -0.308. The number of esters is 1. The number of nitrogens with zero attached hydrogens (tertiary/aromatic N) is 2. The molecule has 108 valence electrons. The SMILES string of the molecule is CC(=O)OCCNc1sc(-c2ccncc2)c(C)c1C#N. The van der Waals surface area contributed by atoms with Crippen LogP contribution in [-0.4, -0.2) is 24.1 Å². The van der Waals surface area contributed by atoms with Crippen LogP contribution in [0.4, 0.5) is 5.00 Å². The molecule has 0 aliphatic rings. The van der Waals surface area contributed by atoms with E-state index in [9.17, 15) is 10.1 Å². The Morgan fingerprint density at radius 3 is 2.81 bits per heavy atom. The highest BCUT2D eigenvalue weighted by Crippen LogP contribution is 2.39. The first kappa shape index (κ1) is 15.0. The standard InChI is InChI=1S/C15H15N3O2S/c1-10-13(9-16)15(18-7-8-20-11(2)19)21-14(10)12-3-5-17-6-4-12/h3-6,18H,7-8H2,1-2H3. The zero-order valence-electron chi connectivity index (χ0n) is 11.8. The van der Waals surface area contributed by atoms with E-state index in [-0.39, 0.29) is 12.6 Å². The van der Waals surface area contributed by atoms with Crippen LogP contribution in [0.5, 0.6) is 0 Å². The molecule has 2 aromatic heterocycles.